The monoisotopic (exact) mass is 466 g/mol. The summed E-state index contributed by atoms with van der Waals surface area (Å²) >= 11 is 6.25. The van der Waals surface area contributed by atoms with Gasteiger partial charge in [-0.2, -0.15) is 0 Å². The fraction of sp³-hybridized carbons (Fsp3) is 0.269. The van der Waals surface area contributed by atoms with Crippen LogP contribution in [0.4, 0.5) is 0 Å². The van der Waals surface area contributed by atoms with Gasteiger partial charge in [-0.05, 0) is 34.2 Å². The maximum absolute atomic E-state index is 13.1. The number of carboxylic acids is 1. The number of hydrogen-bond acceptors (Lipinski definition) is 4. The summed E-state index contributed by atoms with van der Waals surface area (Å²) in [4.78, 5) is 28.8. The Kier molecular flexibility index (Phi) is 7.39. The summed E-state index contributed by atoms with van der Waals surface area (Å²) in [6, 6.07) is 15.8. The summed E-state index contributed by atoms with van der Waals surface area (Å²) in [6.07, 6.45) is 1.10. The van der Waals surface area contributed by atoms with Crippen LogP contribution in [0.25, 0.3) is 11.1 Å². The first-order chi connectivity index (χ1) is 15.6. The number of aliphatic carboxylic acids is 1. The van der Waals surface area contributed by atoms with E-state index in [9.17, 15) is 14.7 Å². The molecule has 0 radical (unpaired) electrons. The van der Waals surface area contributed by atoms with Crippen LogP contribution in [-0.2, 0) is 10.2 Å². The van der Waals surface area contributed by atoms with Crippen molar-refractivity contribution in [1.29, 1.82) is 0 Å². The summed E-state index contributed by atoms with van der Waals surface area (Å²) in [5.74, 6) is -1.11. The van der Waals surface area contributed by atoms with Crippen molar-refractivity contribution in [3.63, 3.8) is 0 Å². The highest BCUT2D eigenvalue weighted by Crippen LogP contribution is 2.32. The summed E-state index contributed by atoms with van der Waals surface area (Å²) in [7, 11) is 1.52. The molecule has 0 saturated carbocycles. The lowest BCUT2D eigenvalue weighted by Gasteiger charge is -2.20. The summed E-state index contributed by atoms with van der Waals surface area (Å²) < 4.78 is 5.41. The second-order valence-corrected chi connectivity index (χ2v) is 9.16. The summed E-state index contributed by atoms with van der Waals surface area (Å²) in [5, 5.41) is 12.5. The number of carbonyl (C=O) groups excluding carboxylic acids is 1. The maximum atomic E-state index is 13.1. The van der Waals surface area contributed by atoms with E-state index < -0.39 is 17.9 Å². The van der Waals surface area contributed by atoms with Gasteiger partial charge in [0.25, 0.3) is 5.91 Å². The van der Waals surface area contributed by atoms with Gasteiger partial charge >= 0.3 is 5.97 Å². The Morgan fingerprint density at radius 2 is 1.79 bits per heavy atom. The third-order valence-electron chi connectivity index (χ3n) is 5.33. The fourth-order valence-corrected chi connectivity index (χ4v) is 3.78. The van der Waals surface area contributed by atoms with Gasteiger partial charge in [0.2, 0.25) is 5.88 Å². The topological polar surface area (TPSA) is 88.5 Å². The minimum Gasteiger partial charge on any atom is -0.481 e. The highest BCUT2D eigenvalue weighted by atomic mass is 35.5. The van der Waals surface area contributed by atoms with Crippen LogP contribution >= 0.6 is 11.6 Å². The van der Waals surface area contributed by atoms with E-state index in [1.54, 1.807) is 30.3 Å². The Balaban J connectivity index is 1.93. The molecular weight excluding hydrogens is 440 g/mol. The Morgan fingerprint density at radius 1 is 1.12 bits per heavy atom. The quantitative estimate of drug-likeness (QED) is 0.469. The molecule has 0 aliphatic rings. The summed E-state index contributed by atoms with van der Waals surface area (Å²) in [6.45, 7) is 6.42. The van der Waals surface area contributed by atoms with E-state index in [2.05, 4.69) is 31.1 Å². The van der Waals surface area contributed by atoms with Crippen molar-refractivity contribution >= 4 is 23.5 Å². The third kappa shape index (κ3) is 5.90. The van der Waals surface area contributed by atoms with Gasteiger partial charge in [-0.15, -0.1) is 0 Å². The molecule has 0 aliphatic carbocycles. The number of carboxylic acid groups (broad SMARTS) is 1. The zero-order chi connectivity index (χ0) is 24.2. The SMILES string of the molecule is COc1ncc(C(=O)N[C@@H](CC(=O)O)c2ccccc2Cl)cc1-c1ccc(C(C)(C)C)cc1. The van der Waals surface area contributed by atoms with E-state index in [1.165, 1.54) is 18.9 Å². The van der Waals surface area contributed by atoms with Crippen molar-refractivity contribution in [3.05, 3.63) is 82.5 Å². The van der Waals surface area contributed by atoms with Crippen LogP contribution in [0.15, 0.2) is 60.8 Å². The lowest BCUT2D eigenvalue weighted by molar-refractivity contribution is -0.137. The van der Waals surface area contributed by atoms with Crippen molar-refractivity contribution in [2.45, 2.75) is 38.6 Å². The van der Waals surface area contributed by atoms with Crippen LogP contribution in [0.3, 0.4) is 0 Å². The van der Waals surface area contributed by atoms with Gasteiger partial charge in [0, 0.05) is 16.8 Å². The second kappa shape index (κ2) is 10.0. The number of nitrogens with zero attached hydrogens (tertiary/aromatic N) is 1. The minimum absolute atomic E-state index is 0.0144. The molecule has 3 rings (SSSR count). The van der Waals surface area contributed by atoms with Crippen LogP contribution in [0, 0.1) is 0 Å². The highest BCUT2D eigenvalue weighted by molar-refractivity contribution is 6.31. The standard InChI is InChI=1S/C26H27ClN2O4/c1-26(2,3)18-11-9-16(10-12-18)20-13-17(15-28-25(20)33-4)24(32)29-22(14-23(30)31)19-7-5-6-8-21(19)27/h5-13,15,22H,14H2,1-4H3,(H,29,32)(H,30,31)/t22-/m0/s1. The van der Waals surface area contributed by atoms with Crippen LogP contribution in [0.5, 0.6) is 5.88 Å². The van der Waals surface area contributed by atoms with Crippen LogP contribution in [0.2, 0.25) is 5.02 Å². The molecule has 0 unspecified atom stereocenters. The van der Waals surface area contributed by atoms with Gasteiger partial charge in [-0.3, -0.25) is 9.59 Å². The van der Waals surface area contributed by atoms with E-state index in [1.807, 2.05) is 24.3 Å². The summed E-state index contributed by atoms with van der Waals surface area (Å²) in [5.41, 5.74) is 3.54. The normalized spacial score (nSPS) is 12.2. The first kappa shape index (κ1) is 24.3. The number of benzene rings is 2. The molecule has 2 aromatic carbocycles. The number of methoxy groups -OCH3 is 1. The Hall–Kier alpha value is -3.38. The van der Waals surface area contributed by atoms with Gasteiger partial charge in [-0.1, -0.05) is 74.8 Å². The molecule has 33 heavy (non-hydrogen) atoms. The maximum Gasteiger partial charge on any atom is 0.305 e. The van der Waals surface area contributed by atoms with Gasteiger partial charge in [0.1, 0.15) is 0 Å². The number of nitrogens with one attached hydrogen (secondary N) is 1. The smallest absolute Gasteiger partial charge is 0.305 e. The average Bonchev–Trinajstić information content (AvgIpc) is 2.77. The Morgan fingerprint density at radius 3 is 2.36 bits per heavy atom. The zero-order valence-electron chi connectivity index (χ0n) is 19.1. The molecule has 0 fully saturated rings. The third-order valence-corrected chi connectivity index (χ3v) is 5.68. The Bertz CT molecular complexity index is 1150. The number of halogens is 1. The largest absolute Gasteiger partial charge is 0.481 e. The molecular formula is C26H27ClN2O4. The van der Waals surface area contributed by atoms with Gasteiger partial charge in [0.05, 0.1) is 25.1 Å². The van der Waals surface area contributed by atoms with Crippen molar-refractivity contribution in [1.82, 2.24) is 10.3 Å². The Labute approximate surface area is 198 Å². The molecule has 0 spiro atoms. The number of ether oxygens (including phenoxy) is 1. The molecule has 0 bridgehead atoms. The first-order valence-corrected chi connectivity index (χ1v) is 10.9. The van der Waals surface area contributed by atoms with Crippen molar-refractivity contribution in [3.8, 4) is 17.0 Å². The number of pyridine rings is 1. The van der Waals surface area contributed by atoms with E-state index in [4.69, 9.17) is 16.3 Å². The van der Waals surface area contributed by atoms with Crippen molar-refractivity contribution < 1.29 is 19.4 Å². The van der Waals surface area contributed by atoms with Crippen molar-refractivity contribution in [2.75, 3.05) is 7.11 Å². The molecule has 7 heteroatoms. The number of aromatic nitrogens is 1. The molecule has 2 N–H and O–H groups in total. The fourth-order valence-electron chi connectivity index (χ4n) is 3.51. The van der Waals surface area contributed by atoms with E-state index >= 15 is 0 Å². The van der Waals surface area contributed by atoms with E-state index in [-0.39, 0.29) is 17.4 Å². The van der Waals surface area contributed by atoms with Crippen LogP contribution in [-0.4, -0.2) is 29.1 Å². The van der Waals surface area contributed by atoms with Crippen LogP contribution < -0.4 is 10.1 Å². The van der Waals surface area contributed by atoms with Crippen molar-refractivity contribution in [2.24, 2.45) is 0 Å². The molecule has 1 heterocycles. The first-order valence-electron chi connectivity index (χ1n) is 10.5. The zero-order valence-corrected chi connectivity index (χ0v) is 19.8. The predicted molar refractivity (Wildman–Crippen MR) is 129 cm³/mol. The molecule has 6 nitrogen and oxygen atoms in total. The number of rotatable bonds is 7. The van der Waals surface area contributed by atoms with Gasteiger partial charge < -0.3 is 15.2 Å². The molecule has 0 aliphatic heterocycles. The minimum atomic E-state index is -1.05. The lowest BCUT2D eigenvalue weighted by atomic mass is 9.86. The number of hydrogen-bond donors (Lipinski definition) is 2. The lowest BCUT2D eigenvalue weighted by Crippen LogP contribution is -2.30. The van der Waals surface area contributed by atoms with Crippen LogP contribution in [0.1, 0.15) is 54.7 Å². The number of carbonyl (C=O) groups is 2. The predicted octanol–water partition coefficient (Wildman–Crippen LogP) is 5.65. The molecule has 1 amide bonds. The molecule has 1 aromatic heterocycles. The molecule has 0 saturated heterocycles. The molecule has 172 valence electrons. The van der Waals surface area contributed by atoms with Gasteiger partial charge in [0.15, 0.2) is 0 Å². The number of amides is 1. The average molecular weight is 467 g/mol. The van der Waals surface area contributed by atoms with Gasteiger partial charge in [-0.25, -0.2) is 4.98 Å². The highest BCUT2D eigenvalue weighted by Gasteiger charge is 2.22. The van der Waals surface area contributed by atoms with E-state index in [0.717, 1.165) is 5.56 Å². The molecule has 1 atom stereocenters. The van der Waals surface area contributed by atoms with E-state index in [0.29, 0.717) is 22.0 Å². The second-order valence-electron chi connectivity index (χ2n) is 8.75. The molecule has 3 aromatic rings.